The van der Waals surface area contributed by atoms with Crippen LogP contribution in [0.5, 0.6) is 0 Å². The summed E-state index contributed by atoms with van der Waals surface area (Å²) in [6.45, 7) is 2.57. The van der Waals surface area contributed by atoms with Crippen molar-refractivity contribution in [1.29, 1.82) is 0 Å². The van der Waals surface area contributed by atoms with Gasteiger partial charge in [0, 0.05) is 32.2 Å². The van der Waals surface area contributed by atoms with Crippen LogP contribution in [0.15, 0.2) is 24.3 Å². The summed E-state index contributed by atoms with van der Waals surface area (Å²) in [7, 11) is 0. The Morgan fingerprint density at radius 2 is 2.00 bits per heavy atom. The lowest BCUT2D eigenvalue weighted by atomic mass is 10.0. The lowest BCUT2D eigenvalue weighted by Gasteiger charge is -2.29. The zero-order valence-corrected chi connectivity index (χ0v) is 13.3. The van der Waals surface area contributed by atoms with E-state index in [1.807, 2.05) is 12.1 Å². The third-order valence-electron chi connectivity index (χ3n) is 4.78. The first-order chi connectivity index (χ1) is 11.2. The first-order valence-corrected chi connectivity index (χ1v) is 8.28. The fourth-order valence-electron chi connectivity index (χ4n) is 3.44. The first kappa shape index (κ1) is 15.8. The number of hydrogen-bond acceptors (Lipinski definition) is 3. The van der Waals surface area contributed by atoms with Gasteiger partial charge in [-0.25, -0.2) is 4.79 Å². The molecule has 0 aliphatic carbocycles. The van der Waals surface area contributed by atoms with Gasteiger partial charge in [0.15, 0.2) is 0 Å². The average Bonchev–Trinajstić information content (AvgIpc) is 3.07. The van der Waals surface area contributed by atoms with Gasteiger partial charge in [0.25, 0.3) is 0 Å². The van der Waals surface area contributed by atoms with E-state index >= 15 is 0 Å². The van der Waals surface area contributed by atoms with Crippen LogP contribution in [-0.2, 0) is 17.8 Å². The molecule has 1 aromatic carbocycles. The Morgan fingerprint density at radius 1 is 1.22 bits per heavy atom. The molecular formula is C17H24N4O2. The van der Waals surface area contributed by atoms with E-state index in [0.29, 0.717) is 19.6 Å². The summed E-state index contributed by atoms with van der Waals surface area (Å²) < 4.78 is 0. The molecule has 6 nitrogen and oxygen atoms in total. The normalized spacial score (nSPS) is 20.3. The van der Waals surface area contributed by atoms with Gasteiger partial charge in [-0.2, -0.15) is 0 Å². The molecule has 3 rings (SSSR count). The number of rotatable bonds is 3. The second-order valence-electron chi connectivity index (χ2n) is 6.22. The van der Waals surface area contributed by atoms with Crippen LogP contribution in [0, 0.1) is 0 Å². The number of amides is 3. The van der Waals surface area contributed by atoms with E-state index in [1.54, 1.807) is 9.80 Å². The van der Waals surface area contributed by atoms with Crippen molar-refractivity contribution < 1.29 is 9.59 Å². The van der Waals surface area contributed by atoms with E-state index in [4.69, 9.17) is 5.73 Å². The molecule has 0 aromatic heterocycles. The van der Waals surface area contributed by atoms with Crippen molar-refractivity contribution in [2.24, 2.45) is 5.73 Å². The molecule has 0 saturated carbocycles. The summed E-state index contributed by atoms with van der Waals surface area (Å²) in [4.78, 5) is 28.1. The Labute approximate surface area is 136 Å². The average molecular weight is 316 g/mol. The number of nitrogens with two attached hydrogens (primary N) is 1. The highest BCUT2D eigenvalue weighted by atomic mass is 16.2. The summed E-state index contributed by atoms with van der Waals surface area (Å²) in [6, 6.07) is 8.13. The monoisotopic (exact) mass is 316 g/mol. The van der Waals surface area contributed by atoms with Gasteiger partial charge in [-0.05, 0) is 30.4 Å². The number of nitrogens with zero attached hydrogens (tertiary/aromatic N) is 2. The van der Waals surface area contributed by atoms with Gasteiger partial charge < -0.3 is 20.9 Å². The van der Waals surface area contributed by atoms with Gasteiger partial charge in [-0.3, -0.25) is 4.79 Å². The minimum absolute atomic E-state index is 0.0382. The number of fused-ring (bicyclic) bond motifs is 1. The SMILES string of the molecule is NCC1CCCN1C(=O)CNC(=O)N1CCc2ccccc2C1. The van der Waals surface area contributed by atoms with Gasteiger partial charge in [0.2, 0.25) is 5.91 Å². The van der Waals surface area contributed by atoms with E-state index in [1.165, 1.54) is 11.1 Å². The van der Waals surface area contributed by atoms with Crippen LogP contribution >= 0.6 is 0 Å². The summed E-state index contributed by atoms with van der Waals surface area (Å²) in [5.74, 6) is -0.0382. The standard InChI is InChI=1S/C17H24N4O2/c18-10-15-6-3-8-21(15)16(22)11-19-17(23)20-9-7-13-4-1-2-5-14(13)12-20/h1-2,4-5,15H,3,6-12,18H2,(H,19,23). The van der Waals surface area contributed by atoms with Crippen LogP contribution in [0.2, 0.25) is 0 Å². The smallest absolute Gasteiger partial charge is 0.318 e. The minimum atomic E-state index is -0.170. The molecule has 1 atom stereocenters. The van der Waals surface area contributed by atoms with E-state index in [0.717, 1.165) is 25.8 Å². The van der Waals surface area contributed by atoms with Crippen molar-refractivity contribution in [1.82, 2.24) is 15.1 Å². The van der Waals surface area contributed by atoms with Crippen molar-refractivity contribution in [2.45, 2.75) is 31.8 Å². The van der Waals surface area contributed by atoms with Crippen LogP contribution in [0.3, 0.4) is 0 Å². The maximum atomic E-state index is 12.3. The number of hydrogen-bond donors (Lipinski definition) is 2. The van der Waals surface area contributed by atoms with Gasteiger partial charge in [-0.15, -0.1) is 0 Å². The molecule has 3 N–H and O–H groups in total. The third kappa shape index (κ3) is 3.47. The van der Waals surface area contributed by atoms with E-state index in [2.05, 4.69) is 17.4 Å². The third-order valence-corrected chi connectivity index (χ3v) is 4.78. The zero-order chi connectivity index (χ0) is 16.2. The number of urea groups is 1. The minimum Gasteiger partial charge on any atom is -0.337 e. The predicted molar refractivity (Wildman–Crippen MR) is 87.7 cm³/mol. The number of nitrogens with one attached hydrogen (secondary N) is 1. The molecular weight excluding hydrogens is 292 g/mol. The molecule has 0 spiro atoms. The van der Waals surface area contributed by atoms with Crippen molar-refractivity contribution in [3.05, 3.63) is 35.4 Å². The van der Waals surface area contributed by atoms with Crippen LogP contribution in [0.25, 0.3) is 0 Å². The van der Waals surface area contributed by atoms with E-state index in [-0.39, 0.29) is 24.5 Å². The highest BCUT2D eigenvalue weighted by molar-refractivity contribution is 5.84. The van der Waals surface area contributed by atoms with E-state index in [9.17, 15) is 9.59 Å². The molecule has 1 unspecified atom stereocenters. The van der Waals surface area contributed by atoms with Crippen molar-refractivity contribution in [3.63, 3.8) is 0 Å². The molecule has 2 aliphatic rings. The highest BCUT2D eigenvalue weighted by Crippen LogP contribution is 2.18. The molecule has 6 heteroatoms. The predicted octanol–water partition coefficient (Wildman–Crippen LogP) is 0.704. The Kier molecular flexibility index (Phi) is 4.81. The van der Waals surface area contributed by atoms with Crippen LogP contribution in [0.4, 0.5) is 4.79 Å². The van der Waals surface area contributed by atoms with Gasteiger partial charge in [0.05, 0.1) is 6.54 Å². The van der Waals surface area contributed by atoms with E-state index < -0.39 is 0 Å². The Bertz CT molecular complexity index is 590. The number of benzene rings is 1. The number of carbonyl (C=O) groups excluding carboxylic acids is 2. The maximum Gasteiger partial charge on any atom is 0.318 e. The lowest BCUT2D eigenvalue weighted by molar-refractivity contribution is -0.130. The zero-order valence-electron chi connectivity index (χ0n) is 13.3. The van der Waals surface area contributed by atoms with Crippen LogP contribution in [0.1, 0.15) is 24.0 Å². The Hall–Kier alpha value is -2.08. The first-order valence-electron chi connectivity index (χ1n) is 8.28. The molecule has 1 saturated heterocycles. The number of likely N-dealkylation sites (tertiary alicyclic amines) is 1. The second kappa shape index (κ2) is 7.00. The molecule has 1 aromatic rings. The summed E-state index contributed by atoms with van der Waals surface area (Å²) in [5.41, 5.74) is 8.18. The molecule has 3 amide bonds. The summed E-state index contributed by atoms with van der Waals surface area (Å²) in [6.07, 6.45) is 2.81. The fraction of sp³-hybridized carbons (Fsp3) is 0.529. The van der Waals surface area contributed by atoms with Gasteiger partial charge in [0.1, 0.15) is 0 Å². The molecule has 23 heavy (non-hydrogen) atoms. The molecule has 2 aliphatic heterocycles. The molecule has 0 radical (unpaired) electrons. The number of carbonyl (C=O) groups is 2. The fourth-order valence-corrected chi connectivity index (χ4v) is 3.44. The topological polar surface area (TPSA) is 78.7 Å². The quantitative estimate of drug-likeness (QED) is 0.862. The molecule has 1 fully saturated rings. The van der Waals surface area contributed by atoms with Crippen LogP contribution in [-0.4, -0.2) is 54.0 Å². The van der Waals surface area contributed by atoms with Crippen LogP contribution < -0.4 is 11.1 Å². The molecule has 2 heterocycles. The molecule has 124 valence electrons. The summed E-state index contributed by atoms with van der Waals surface area (Å²) in [5, 5.41) is 2.76. The highest BCUT2D eigenvalue weighted by Gasteiger charge is 2.28. The van der Waals surface area contributed by atoms with Crippen molar-refractivity contribution >= 4 is 11.9 Å². The van der Waals surface area contributed by atoms with Gasteiger partial charge in [-0.1, -0.05) is 24.3 Å². The largest absolute Gasteiger partial charge is 0.337 e. The Balaban J connectivity index is 1.51. The summed E-state index contributed by atoms with van der Waals surface area (Å²) >= 11 is 0. The van der Waals surface area contributed by atoms with Crippen molar-refractivity contribution in [3.8, 4) is 0 Å². The Morgan fingerprint density at radius 3 is 2.78 bits per heavy atom. The maximum absolute atomic E-state index is 12.3. The van der Waals surface area contributed by atoms with Gasteiger partial charge >= 0.3 is 6.03 Å². The molecule has 0 bridgehead atoms. The van der Waals surface area contributed by atoms with Crippen molar-refractivity contribution in [2.75, 3.05) is 26.2 Å². The lowest BCUT2D eigenvalue weighted by Crippen LogP contribution is -2.48. The second-order valence-corrected chi connectivity index (χ2v) is 6.22.